The Balaban J connectivity index is 1.47. The van der Waals surface area contributed by atoms with E-state index in [2.05, 4.69) is 27.5 Å². The van der Waals surface area contributed by atoms with Crippen molar-refractivity contribution in [3.8, 4) is 0 Å². The summed E-state index contributed by atoms with van der Waals surface area (Å²) in [6.45, 7) is 2.03. The highest BCUT2D eigenvalue weighted by Gasteiger charge is 2.15. The van der Waals surface area contributed by atoms with Crippen LogP contribution in [0.5, 0.6) is 0 Å². The highest BCUT2D eigenvalue weighted by Crippen LogP contribution is 2.13. The lowest BCUT2D eigenvalue weighted by Crippen LogP contribution is -2.28. The molecule has 0 fully saturated rings. The number of rotatable bonds is 8. The van der Waals surface area contributed by atoms with Gasteiger partial charge in [-0.15, -0.1) is 5.10 Å². The van der Waals surface area contributed by atoms with E-state index in [4.69, 9.17) is 0 Å². The second kappa shape index (κ2) is 9.51. The predicted molar refractivity (Wildman–Crippen MR) is 119 cm³/mol. The molecule has 2 aromatic heterocycles. The van der Waals surface area contributed by atoms with Crippen molar-refractivity contribution >= 4 is 22.8 Å². The number of fused-ring (bicyclic) bond motifs is 1. The van der Waals surface area contributed by atoms with E-state index in [1.807, 2.05) is 24.3 Å². The normalized spacial score (nSPS) is 11.1. The van der Waals surface area contributed by atoms with Crippen LogP contribution in [0.15, 0.2) is 59.7 Å². The standard InChI is InChI=1S/C23H23FN6O2/c1-2-3-6-16-9-11-18(12-10-16)26-20(31)14-29-15-25-22-21(23(29)32)27-28-30(22)13-17-7-4-5-8-19(17)24/h4-5,7-12,15H,2-3,6,13-14H2,1H3,(H,26,31). The first kappa shape index (κ1) is 21.4. The molecule has 0 radical (unpaired) electrons. The lowest BCUT2D eigenvalue weighted by Gasteiger charge is -2.08. The minimum Gasteiger partial charge on any atom is -0.325 e. The Labute approximate surface area is 183 Å². The summed E-state index contributed by atoms with van der Waals surface area (Å²) < 4.78 is 16.5. The Morgan fingerprint density at radius 3 is 2.66 bits per heavy atom. The minimum absolute atomic E-state index is 0.0249. The summed E-state index contributed by atoms with van der Waals surface area (Å²) in [7, 11) is 0. The van der Waals surface area contributed by atoms with Crippen molar-refractivity contribution in [3.05, 3.63) is 82.2 Å². The summed E-state index contributed by atoms with van der Waals surface area (Å²) in [4.78, 5) is 29.4. The number of hydrogen-bond acceptors (Lipinski definition) is 5. The van der Waals surface area contributed by atoms with Crippen molar-refractivity contribution in [1.29, 1.82) is 0 Å². The fraction of sp³-hybridized carbons (Fsp3) is 0.261. The van der Waals surface area contributed by atoms with Crippen molar-refractivity contribution in [2.24, 2.45) is 0 Å². The van der Waals surface area contributed by atoms with E-state index < -0.39 is 5.56 Å². The zero-order chi connectivity index (χ0) is 22.5. The van der Waals surface area contributed by atoms with Crippen LogP contribution in [0, 0.1) is 5.82 Å². The van der Waals surface area contributed by atoms with Crippen molar-refractivity contribution in [2.45, 2.75) is 39.3 Å². The number of hydrogen-bond donors (Lipinski definition) is 1. The van der Waals surface area contributed by atoms with Gasteiger partial charge in [0.05, 0.1) is 6.54 Å². The Morgan fingerprint density at radius 2 is 1.91 bits per heavy atom. The lowest BCUT2D eigenvalue weighted by atomic mass is 10.1. The van der Waals surface area contributed by atoms with Crippen molar-refractivity contribution in [1.82, 2.24) is 24.5 Å². The van der Waals surface area contributed by atoms with Gasteiger partial charge in [0, 0.05) is 11.3 Å². The molecule has 1 N–H and O–H groups in total. The SMILES string of the molecule is CCCCc1ccc(NC(=O)Cn2cnc3c(nnn3Cc3ccccc3F)c2=O)cc1. The average molecular weight is 434 g/mol. The van der Waals surface area contributed by atoms with Gasteiger partial charge >= 0.3 is 0 Å². The molecule has 2 heterocycles. The maximum absolute atomic E-state index is 13.9. The molecular formula is C23H23FN6O2. The van der Waals surface area contributed by atoms with E-state index in [0.717, 1.165) is 19.3 Å². The molecule has 0 aliphatic carbocycles. The molecule has 0 aliphatic rings. The van der Waals surface area contributed by atoms with Crippen molar-refractivity contribution in [2.75, 3.05) is 5.32 Å². The molecule has 0 saturated carbocycles. The van der Waals surface area contributed by atoms with Crippen LogP contribution < -0.4 is 10.9 Å². The van der Waals surface area contributed by atoms with E-state index in [1.165, 1.54) is 27.2 Å². The van der Waals surface area contributed by atoms with Gasteiger partial charge in [0.25, 0.3) is 5.56 Å². The summed E-state index contributed by atoms with van der Waals surface area (Å²) in [6, 6.07) is 14.0. The van der Waals surface area contributed by atoms with Crippen LogP contribution in [0.4, 0.5) is 10.1 Å². The van der Waals surface area contributed by atoms with Gasteiger partial charge in [0.2, 0.25) is 5.91 Å². The summed E-state index contributed by atoms with van der Waals surface area (Å²) in [6.07, 6.45) is 4.53. The molecule has 0 bridgehead atoms. The minimum atomic E-state index is -0.486. The molecule has 32 heavy (non-hydrogen) atoms. The van der Waals surface area contributed by atoms with Gasteiger partial charge in [-0.3, -0.25) is 14.2 Å². The van der Waals surface area contributed by atoms with E-state index in [-0.39, 0.29) is 36.0 Å². The fourth-order valence-electron chi connectivity index (χ4n) is 3.39. The number of carbonyl (C=O) groups excluding carboxylic acids is 1. The van der Waals surface area contributed by atoms with Gasteiger partial charge in [-0.1, -0.05) is 48.9 Å². The number of aromatic nitrogens is 5. The summed E-state index contributed by atoms with van der Waals surface area (Å²) in [5, 5.41) is 10.6. The highest BCUT2D eigenvalue weighted by atomic mass is 19.1. The molecule has 0 atom stereocenters. The number of amides is 1. The van der Waals surface area contributed by atoms with Gasteiger partial charge in [0.1, 0.15) is 18.7 Å². The Bertz CT molecular complexity index is 1300. The molecule has 9 heteroatoms. The van der Waals surface area contributed by atoms with Crippen LogP contribution in [0.1, 0.15) is 30.9 Å². The van der Waals surface area contributed by atoms with Gasteiger partial charge in [-0.05, 0) is 36.6 Å². The van der Waals surface area contributed by atoms with E-state index >= 15 is 0 Å². The van der Waals surface area contributed by atoms with Crippen LogP contribution in [0.2, 0.25) is 0 Å². The van der Waals surface area contributed by atoms with E-state index in [1.54, 1.807) is 18.2 Å². The molecule has 164 valence electrons. The van der Waals surface area contributed by atoms with Gasteiger partial charge in [-0.25, -0.2) is 14.1 Å². The second-order valence-electron chi connectivity index (χ2n) is 7.54. The maximum Gasteiger partial charge on any atom is 0.283 e. The Kier molecular flexibility index (Phi) is 6.34. The van der Waals surface area contributed by atoms with Crippen LogP contribution in [-0.4, -0.2) is 30.5 Å². The quantitative estimate of drug-likeness (QED) is 0.460. The molecule has 0 aliphatic heterocycles. The maximum atomic E-state index is 13.9. The third-order valence-electron chi connectivity index (χ3n) is 5.14. The molecule has 8 nitrogen and oxygen atoms in total. The van der Waals surface area contributed by atoms with Crippen molar-refractivity contribution in [3.63, 3.8) is 0 Å². The van der Waals surface area contributed by atoms with Gasteiger partial charge in [-0.2, -0.15) is 0 Å². The fourth-order valence-corrected chi connectivity index (χ4v) is 3.39. The summed E-state index contributed by atoms with van der Waals surface area (Å²) >= 11 is 0. The number of aryl methyl sites for hydroxylation is 1. The third kappa shape index (κ3) is 4.72. The first-order valence-corrected chi connectivity index (χ1v) is 10.5. The van der Waals surface area contributed by atoms with Crippen LogP contribution in [0.25, 0.3) is 11.2 Å². The molecule has 4 aromatic rings. The first-order chi connectivity index (χ1) is 15.5. The van der Waals surface area contributed by atoms with Crippen LogP contribution in [0.3, 0.4) is 0 Å². The second-order valence-corrected chi connectivity index (χ2v) is 7.54. The first-order valence-electron chi connectivity index (χ1n) is 10.5. The van der Waals surface area contributed by atoms with Crippen LogP contribution in [-0.2, 0) is 24.3 Å². The third-order valence-corrected chi connectivity index (χ3v) is 5.14. The zero-order valence-corrected chi connectivity index (χ0v) is 17.7. The Hall–Kier alpha value is -3.88. The number of anilines is 1. The topological polar surface area (TPSA) is 94.7 Å². The number of nitrogens with one attached hydrogen (secondary N) is 1. The number of nitrogens with zero attached hydrogens (tertiary/aromatic N) is 5. The van der Waals surface area contributed by atoms with Gasteiger partial charge in [0.15, 0.2) is 11.2 Å². The van der Waals surface area contributed by atoms with E-state index in [9.17, 15) is 14.0 Å². The molecular weight excluding hydrogens is 411 g/mol. The van der Waals surface area contributed by atoms with Crippen molar-refractivity contribution < 1.29 is 9.18 Å². The van der Waals surface area contributed by atoms with Crippen LogP contribution >= 0.6 is 0 Å². The molecule has 0 saturated heterocycles. The monoisotopic (exact) mass is 434 g/mol. The smallest absolute Gasteiger partial charge is 0.283 e. The number of benzene rings is 2. The lowest BCUT2D eigenvalue weighted by molar-refractivity contribution is -0.116. The highest BCUT2D eigenvalue weighted by molar-refractivity contribution is 5.90. The zero-order valence-electron chi connectivity index (χ0n) is 17.7. The molecule has 2 aromatic carbocycles. The Morgan fingerprint density at radius 1 is 1.12 bits per heavy atom. The summed E-state index contributed by atoms with van der Waals surface area (Å²) in [5.41, 5.74) is 2.06. The van der Waals surface area contributed by atoms with E-state index in [0.29, 0.717) is 11.3 Å². The molecule has 1 amide bonds. The predicted octanol–water partition coefficient (Wildman–Crippen LogP) is 3.16. The molecule has 0 unspecified atom stereocenters. The average Bonchev–Trinajstić information content (AvgIpc) is 3.20. The number of unbranched alkanes of at least 4 members (excludes halogenated alkanes) is 1. The largest absolute Gasteiger partial charge is 0.325 e. The molecule has 4 rings (SSSR count). The number of carbonyl (C=O) groups is 1. The summed E-state index contributed by atoms with van der Waals surface area (Å²) in [5.74, 6) is -0.729. The van der Waals surface area contributed by atoms with Gasteiger partial charge < -0.3 is 5.32 Å². The molecule has 0 spiro atoms. The number of halogens is 1.